The van der Waals surface area contributed by atoms with Crippen molar-refractivity contribution >= 4 is 18.3 Å². The standard InChI is InChI=1S/C11H13NS/c1-8-9(2)11(12)6-5-10(8)4-3-7-13/h5-6,13H,7,12H2,1-2H3. The molecule has 0 aliphatic rings. The summed E-state index contributed by atoms with van der Waals surface area (Å²) in [6, 6.07) is 3.85. The molecule has 1 rings (SSSR count). The predicted octanol–water partition coefficient (Wildman–Crippen LogP) is 2.17. The number of hydrogen-bond donors (Lipinski definition) is 2. The van der Waals surface area contributed by atoms with Crippen LogP contribution in [0.3, 0.4) is 0 Å². The van der Waals surface area contributed by atoms with Crippen LogP contribution >= 0.6 is 12.6 Å². The van der Waals surface area contributed by atoms with Gasteiger partial charge >= 0.3 is 0 Å². The van der Waals surface area contributed by atoms with E-state index in [9.17, 15) is 0 Å². The minimum absolute atomic E-state index is 0.586. The van der Waals surface area contributed by atoms with Crippen LogP contribution in [0.2, 0.25) is 0 Å². The molecule has 0 aliphatic carbocycles. The molecule has 0 saturated heterocycles. The number of hydrogen-bond acceptors (Lipinski definition) is 2. The van der Waals surface area contributed by atoms with Crippen molar-refractivity contribution in [2.75, 3.05) is 11.5 Å². The van der Waals surface area contributed by atoms with Gasteiger partial charge in [0.05, 0.1) is 5.75 Å². The zero-order valence-electron chi connectivity index (χ0n) is 7.89. The molecule has 0 aromatic heterocycles. The fourth-order valence-electron chi connectivity index (χ4n) is 1.11. The lowest BCUT2D eigenvalue weighted by Crippen LogP contribution is -1.94. The van der Waals surface area contributed by atoms with E-state index >= 15 is 0 Å². The summed E-state index contributed by atoms with van der Waals surface area (Å²) in [6.45, 7) is 4.05. The molecule has 0 saturated carbocycles. The summed E-state index contributed by atoms with van der Waals surface area (Å²) in [5.41, 5.74) is 9.90. The second-order valence-electron chi connectivity index (χ2n) is 2.91. The number of nitrogens with two attached hydrogens (primary N) is 1. The van der Waals surface area contributed by atoms with Gasteiger partial charge in [0.2, 0.25) is 0 Å². The molecule has 0 atom stereocenters. The third-order valence-corrected chi connectivity index (χ3v) is 2.29. The Kier molecular flexibility index (Phi) is 3.27. The van der Waals surface area contributed by atoms with Gasteiger partial charge in [-0.3, -0.25) is 0 Å². The van der Waals surface area contributed by atoms with Gasteiger partial charge in [-0.15, -0.1) is 0 Å². The van der Waals surface area contributed by atoms with Crippen LogP contribution in [0.25, 0.3) is 0 Å². The fourth-order valence-corrected chi connectivity index (χ4v) is 1.19. The first-order valence-electron chi connectivity index (χ1n) is 4.12. The number of rotatable bonds is 0. The molecule has 1 aromatic carbocycles. The van der Waals surface area contributed by atoms with Crippen molar-refractivity contribution in [3.05, 3.63) is 28.8 Å². The largest absolute Gasteiger partial charge is 0.399 e. The highest BCUT2D eigenvalue weighted by Crippen LogP contribution is 2.18. The normalized spacial score (nSPS) is 9.15. The maximum Gasteiger partial charge on any atom is 0.0521 e. The van der Waals surface area contributed by atoms with Crippen molar-refractivity contribution < 1.29 is 0 Å². The van der Waals surface area contributed by atoms with Crippen molar-refractivity contribution in [3.8, 4) is 11.8 Å². The van der Waals surface area contributed by atoms with E-state index < -0.39 is 0 Å². The van der Waals surface area contributed by atoms with Gasteiger partial charge in [0.25, 0.3) is 0 Å². The third-order valence-electron chi connectivity index (χ3n) is 2.13. The van der Waals surface area contributed by atoms with Crippen molar-refractivity contribution in [2.45, 2.75) is 13.8 Å². The van der Waals surface area contributed by atoms with Crippen LogP contribution < -0.4 is 5.73 Å². The summed E-state index contributed by atoms with van der Waals surface area (Å²) in [5.74, 6) is 6.56. The van der Waals surface area contributed by atoms with Gasteiger partial charge in [0.1, 0.15) is 0 Å². The third kappa shape index (κ3) is 2.19. The highest BCUT2D eigenvalue weighted by molar-refractivity contribution is 7.80. The van der Waals surface area contributed by atoms with E-state index in [4.69, 9.17) is 5.73 Å². The Balaban J connectivity index is 3.18. The maximum atomic E-state index is 5.75. The molecule has 0 aliphatic heterocycles. The van der Waals surface area contributed by atoms with Crippen LogP contribution in [-0.2, 0) is 0 Å². The molecular formula is C11H13NS. The number of anilines is 1. The summed E-state index contributed by atoms with van der Waals surface area (Å²) in [5, 5.41) is 0. The minimum Gasteiger partial charge on any atom is -0.399 e. The van der Waals surface area contributed by atoms with Crippen LogP contribution in [0.5, 0.6) is 0 Å². The van der Waals surface area contributed by atoms with Crippen LogP contribution in [0.15, 0.2) is 12.1 Å². The Morgan fingerprint density at radius 3 is 2.62 bits per heavy atom. The second kappa shape index (κ2) is 4.25. The Bertz CT molecular complexity index is 372. The summed E-state index contributed by atoms with van der Waals surface area (Å²) in [7, 11) is 0. The Labute approximate surface area is 84.8 Å². The molecular weight excluding hydrogens is 178 g/mol. The summed E-state index contributed by atoms with van der Waals surface area (Å²) >= 11 is 4.03. The number of nitrogen functional groups attached to an aromatic ring is 1. The molecule has 0 amide bonds. The molecule has 68 valence electrons. The number of benzene rings is 1. The Morgan fingerprint density at radius 1 is 1.31 bits per heavy atom. The quantitative estimate of drug-likeness (QED) is 0.367. The summed E-state index contributed by atoms with van der Waals surface area (Å²) in [6.07, 6.45) is 0. The molecule has 0 bridgehead atoms. The van der Waals surface area contributed by atoms with Crippen LogP contribution in [-0.4, -0.2) is 5.75 Å². The monoisotopic (exact) mass is 191 g/mol. The van der Waals surface area contributed by atoms with E-state index in [1.807, 2.05) is 26.0 Å². The molecule has 2 heteroatoms. The van der Waals surface area contributed by atoms with E-state index in [0.717, 1.165) is 22.4 Å². The van der Waals surface area contributed by atoms with Gasteiger partial charge in [-0.25, -0.2) is 0 Å². The first-order chi connectivity index (χ1) is 6.16. The zero-order valence-corrected chi connectivity index (χ0v) is 8.78. The molecule has 1 aromatic rings. The highest BCUT2D eigenvalue weighted by atomic mass is 32.1. The second-order valence-corrected chi connectivity index (χ2v) is 3.23. The SMILES string of the molecule is Cc1c(N)ccc(C#CCS)c1C. The molecule has 0 fully saturated rings. The number of thiol groups is 1. The summed E-state index contributed by atoms with van der Waals surface area (Å²) in [4.78, 5) is 0. The van der Waals surface area contributed by atoms with Crippen LogP contribution in [0.4, 0.5) is 5.69 Å². The smallest absolute Gasteiger partial charge is 0.0521 e. The van der Waals surface area contributed by atoms with Gasteiger partial charge in [0, 0.05) is 11.3 Å². The van der Waals surface area contributed by atoms with Gasteiger partial charge in [-0.1, -0.05) is 11.8 Å². The molecule has 0 radical (unpaired) electrons. The lowest BCUT2D eigenvalue weighted by atomic mass is 10.0. The van der Waals surface area contributed by atoms with Gasteiger partial charge in [-0.2, -0.15) is 12.6 Å². The van der Waals surface area contributed by atoms with E-state index in [1.165, 1.54) is 0 Å². The molecule has 0 unspecified atom stereocenters. The zero-order chi connectivity index (χ0) is 9.84. The van der Waals surface area contributed by atoms with E-state index in [2.05, 4.69) is 24.5 Å². The first kappa shape index (κ1) is 10.0. The lowest BCUT2D eigenvalue weighted by molar-refractivity contribution is 1.32. The average Bonchev–Trinajstić information content (AvgIpc) is 2.13. The van der Waals surface area contributed by atoms with Gasteiger partial charge in [-0.05, 0) is 37.1 Å². The van der Waals surface area contributed by atoms with Crippen molar-refractivity contribution in [1.29, 1.82) is 0 Å². The highest BCUT2D eigenvalue weighted by Gasteiger charge is 2.00. The molecule has 0 spiro atoms. The van der Waals surface area contributed by atoms with Crippen molar-refractivity contribution in [3.63, 3.8) is 0 Å². The first-order valence-corrected chi connectivity index (χ1v) is 4.75. The predicted molar refractivity (Wildman–Crippen MR) is 61.1 cm³/mol. The average molecular weight is 191 g/mol. The maximum absolute atomic E-state index is 5.75. The van der Waals surface area contributed by atoms with E-state index in [-0.39, 0.29) is 0 Å². The van der Waals surface area contributed by atoms with Gasteiger partial charge < -0.3 is 5.73 Å². The molecule has 0 heterocycles. The summed E-state index contributed by atoms with van der Waals surface area (Å²) < 4.78 is 0. The lowest BCUT2D eigenvalue weighted by Gasteiger charge is -2.05. The minimum atomic E-state index is 0.586. The Hall–Kier alpha value is -1.07. The molecule has 13 heavy (non-hydrogen) atoms. The topological polar surface area (TPSA) is 26.0 Å². The van der Waals surface area contributed by atoms with Crippen LogP contribution in [0, 0.1) is 25.7 Å². The van der Waals surface area contributed by atoms with E-state index in [1.54, 1.807) is 0 Å². The Morgan fingerprint density at radius 2 is 2.00 bits per heavy atom. The fraction of sp³-hybridized carbons (Fsp3) is 0.273. The van der Waals surface area contributed by atoms with Crippen molar-refractivity contribution in [1.82, 2.24) is 0 Å². The molecule has 1 nitrogen and oxygen atoms in total. The van der Waals surface area contributed by atoms with Crippen LogP contribution in [0.1, 0.15) is 16.7 Å². The van der Waals surface area contributed by atoms with Crippen molar-refractivity contribution in [2.24, 2.45) is 0 Å². The van der Waals surface area contributed by atoms with Gasteiger partial charge in [0.15, 0.2) is 0 Å². The molecule has 2 N–H and O–H groups in total. The van der Waals surface area contributed by atoms with E-state index in [0.29, 0.717) is 5.75 Å².